The van der Waals surface area contributed by atoms with Gasteiger partial charge >= 0.3 is 0 Å². The number of benzene rings is 2. The summed E-state index contributed by atoms with van der Waals surface area (Å²) < 4.78 is 43.1. The quantitative estimate of drug-likeness (QED) is 0.522. The molecule has 1 aromatic heterocycles. The van der Waals surface area contributed by atoms with Gasteiger partial charge in [-0.05, 0) is 29.9 Å². The summed E-state index contributed by atoms with van der Waals surface area (Å²) in [6.45, 7) is 2.48. The van der Waals surface area contributed by atoms with Crippen LogP contribution in [0, 0.1) is 9.77 Å². The second-order valence-electron chi connectivity index (χ2n) is 7.18. The molecule has 7 nitrogen and oxygen atoms in total. The minimum atomic E-state index is -3.36. The number of nitrogens with one attached hydrogen (secondary N) is 1. The molecule has 0 aliphatic carbocycles. The van der Waals surface area contributed by atoms with Crippen molar-refractivity contribution >= 4 is 44.4 Å². The molecule has 0 spiro atoms. The van der Waals surface area contributed by atoms with Crippen molar-refractivity contribution in [2.75, 3.05) is 31.5 Å². The molecule has 1 aliphatic rings. The van der Waals surface area contributed by atoms with Crippen LogP contribution >= 0.6 is 23.6 Å². The fourth-order valence-corrected chi connectivity index (χ4v) is 5.86. The average molecular weight is 480 g/mol. The Kier molecular flexibility index (Phi) is 6.77. The highest BCUT2D eigenvalue weighted by molar-refractivity contribution is 7.88. The maximum atomic E-state index is 13.8. The van der Waals surface area contributed by atoms with E-state index in [1.165, 1.54) is 17.4 Å². The van der Waals surface area contributed by atoms with Crippen molar-refractivity contribution in [1.82, 2.24) is 19.0 Å². The first-order valence-electron chi connectivity index (χ1n) is 9.74. The highest BCUT2D eigenvalue weighted by Gasteiger charge is 2.27. The molecule has 0 radical (unpaired) electrons. The van der Waals surface area contributed by atoms with E-state index in [1.54, 1.807) is 27.2 Å². The highest BCUT2D eigenvalue weighted by Crippen LogP contribution is 2.23. The van der Waals surface area contributed by atoms with Crippen LogP contribution in [-0.2, 0) is 22.4 Å². The fourth-order valence-electron chi connectivity index (χ4n) is 3.34. The van der Waals surface area contributed by atoms with E-state index >= 15 is 0 Å². The summed E-state index contributed by atoms with van der Waals surface area (Å²) in [6.07, 6.45) is 0. The summed E-state index contributed by atoms with van der Waals surface area (Å²) in [6, 6.07) is 15.6. The van der Waals surface area contributed by atoms with Crippen molar-refractivity contribution < 1.29 is 12.8 Å². The van der Waals surface area contributed by atoms with Gasteiger partial charge in [-0.2, -0.15) is 4.31 Å². The van der Waals surface area contributed by atoms with Gasteiger partial charge in [0.2, 0.25) is 15.2 Å². The number of anilines is 2. The molecule has 1 aliphatic heterocycles. The number of rotatable bonds is 7. The standard InChI is InChI=1S/C20H22FN5O2S3/c21-17-8-4-5-9-18(17)22-19-23-26(20(29)30-19)15-24-10-12-25(13-11-24)31(27,28)14-16-6-2-1-3-7-16/h1-9H,10-15H2,(H,22,23). The monoisotopic (exact) mass is 479 g/mol. The zero-order chi connectivity index (χ0) is 21.8. The number of halogens is 1. The van der Waals surface area contributed by atoms with Crippen LogP contribution in [0.4, 0.5) is 15.2 Å². The lowest BCUT2D eigenvalue weighted by atomic mass is 10.2. The molecule has 0 saturated carbocycles. The first-order valence-corrected chi connectivity index (χ1v) is 12.6. The van der Waals surface area contributed by atoms with Crippen molar-refractivity contribution in [1.29, 1.82) is 0 Å². The molecular weight excluding hydrogens is 457 g/mol. The Labute approximate surface area is 189 Å². The second-order valence-corrected chi connectivity index (χ2v) is 10.8. The lowest BCUT2D eigenvalue weighted by Gasteiger charge is -2.33. The lowest BCUT2D eigenvalue weighted by molar-refractivity contribution is 0.145. The van der Waals surface area contributed by atoms with Gasteiger partial charge in [0.15, 0.2) is 3.95 Å². The summed E-state index contributed by atoms with van der Waals surface area (Å²) in [5.41, 5.74) is 1.13. The van der Waals surface area contributed by atoms with Crippen molar-refractivity contribution in [3.63, 3.8) is 0 Å². The lowest BCUT2D eigenvalue weighted by Crippen LogP contribution is -2.49. The van der Waals surface area contributed by atoms with E-state index in [9.17, 15) is 12.8 Å². The van der Waals surface area contributed by atoms with Crippen LogP contribution in [0.1, 0.15) is 5.56 Å². The van der Waals surface area contributed by atoms with E-state index in [4.69, 9.17) is 12.2 Å². The predicted molar refractivity (Wildman–Crippen MR) is 123 cm³/mol. The molecule has 2 aromatic carbocycles. The number of sulfonamides is 1. The van der Waals surface area contributed by atoms with Crippen LogP contribution in [0.5, 0.6) is 0 Å². The van der Waals surface area contributed by atoms with Crippen LogP contribution in [0.25, 0.3) is 0 Å². The van der Waals surface area contributed by atoms with Gasteiger partial charge in [0.05, 0.1) is 18.1 Å². The van der Waals surface area contributed by atoms with Crippen LogP contribution in [-0.4, -0.2) is 53.6 Å². The number of hydrogen-bond acceptors (Lipinski definition) is 7. The molecule has 0 bridgehead atoms. The van der Waals surface area contributed by atoms with Gasteiger partial charge in [0.1, 0.15) is 5.82 Å². The molecule has 0 amide bonds. The number of hydrogen-bond donors (Lipinski definition) is 1. The van der Waals surface area contributed by atoms with E-state index in [0.717, 1.165) is 5.56 Å². The molecule has 1 saturated heterocycles. The van der Waals surface area contributed by atoms with E-state index in [-0.39, 0.29) is 11.6 Å². The summed E-state index contributed by atoms with van der Waals surface area (Å²) in [7, 11) is -3.36. The molecule has 164 valence electrons. The van der Waals surface area contributed by atoms with Crippen LogP contribution in [0.2, 0.25) is 0 Å². The van der Waals surface area contributed by atoms with Crippen LogP contribution in [0.3, 0.4) is 0 Å². The Morgan fingerprint density at radius 1 is 1.03 bits per heavy atom. The predicted octanol–water partition coefficient (Wildman–Crippen LogP) is 3.66. The van der Waals surface area contributed by atoms with Crippen molar-refractivity contribution in [2.24, 2.45) is 0 Å². The number of piperazine rings is 1. The van der Waals surface area contributed by atoms with E-state index in [2.05, 4.69) is 15.3 Å². The Morgan fingerprint density at radius 2 is 1.71 bits per heavy atom. The topological polar surface area (TPSA) is 70.5 Å². The van der Waals surface area contributed by atoms with Gasteiger partial charge in [-0.1, -0.05) is 53.8 Å². The van der Waals surface area contributed by atoms with Crippen molar-refractivity contribution in [2.45, 2.75) is 12.4 Å². The zero-order valence-electron chi connectivity index (χ0n) is 16.6. The minimum Gasteiger partial charge on any atom is -0.328 e. The Bertz CT molecular complexity index is 1190. The summed E-state index contributed by atoms with van der Waals surface area (Å²) >= 11 is 6.67. The van der Waals surface area contributed by atoms with Crippen LogP contribution in [0.15, 0.2) is 54.6 Å². The molecular formula is C20H22FN5O2S3. The summed E-state index contributed by atoms with van der Waals surface area (Å²) in [5, 5.41) is 7.92. The van der Waals surface area contributed by atoms with E-state index in [0.29, 0.717) is 47.6 Å². The smallest absolute Gasteiger partial charge is 0.218 e. The first-order chi connectivity index (χ1) is 14.9. The normalized spacial score (nSPS) is 15.8. The third-order valence-corrected chi connectivity index (χ3v) is 8.05. The molecule has 4 rings (SSSR count). The van der Waals surface area contributed by atoms with Gasteiger partial charge in [-0.25, -0.2) is 17.5 Å². The Balaban J connectivity index is 1.34. The third kappa shape index (κ3) is 5.55. The van der Waals surface area contributed by atoms with Crippen molar-refractivity contribution in [3.8, 4) is 0 Å². The first kappa shape index (κ1) is 22.0. The summed E-state index contributed by atoms with van der Waals surface area (Å²) in [4.78, 5) is 2.11. The van der Waals surface area contributed by atoms with Gasteiger partial charge in [-0.15, -0.1) is 5.10 Å². The molecule has 2 heterocycles. The molecule has 31 heavy (non-hydrogen) atoms. The molecule has 0 atom stereocenters. The number of para-hydroxylation sites is 1. The zero-order valence-corrected chi connectivity index (χ0v) is 19.1. The minimum absolute atomic E-state index is 0.00998. The van der Waals surface area contributed by atoms with Crippen molar-refractivity contribution in [3.05, 3.63) is 69.9 Å². The molecule has 11 heteroatoms. The van der Waals surface area contributed by atoms with Crippen LogP contribution < -0.4 is 5.32 Å². The van der Waals surface area contributed by atoms with Gasteiger partial charge in [0, 0.05) is 26.2 Å². The van der Waals surface area contributed by atoms with E-state index in [1.807, 2.05) is 30.3 Å². The largest absolute Gasteiger partial charge is 0.328 e. The third-order valence-electron chi connectivity index (χ3n) is 4.97. The molecule has 1 fully saturated rings. The van der Waals surface area contributed by atoms with E-state index < -0.39 is 10.0 Å². The maximum absolute atomic E-state index is 13.8. The number of nitrogens with zero attached hydrogens (tertiary/aromatic N) is 4. The Hall–Kier alpha value is -2.18. The SMILES string of the molecule is O=S(=O)(Cc1ccccc1)N1CCN(Cn2nc(Nc3ccccc3F)sc2=S)CC1. The molecule has 3 aromatic rings. The molecule has 1 N–H and O–H groups in total. The maximum Gasteiger partial charge on any atom is 0.218 e. The average Bonchev–Trinajstić information content (AvgIpc) is 3.09. The second kappa shape index (κ2) is 9.53. The fraction of sp³-hybridized carbons (Fsp3) is 0.300. The Morgan fingerprint density at radius 3 is 2.42 bits per heavy atom. The highest BCUT2D eigenvalue weighted by atomic mass is 32.2. The van der Waals surface area contributed by atoms with Gasteiger partial charge in [-0.3, -0.25) is 4.90 Å². The molecule has 0 unspecified atom stereocenters. The van der Waals surface area contributed by atoms with Gasteiger partial charge < -0.3 is 5.32 Å². The number of aromatic nitrogens is 2. The summed E-state index contributed by atoms with van der Waals surface area (Å²) in [5.74, 6) is -0.348. The van der Waals surface area contributed by atoms with Gasteiger partial charge in [0.25, 0.3) is 0 Å².